The number of carbonyl (C=O) groups excluding carboxylic acids is 2. The monoisotopic (exact) mass is 434 g/mol. The third-order valence-electron chi connectivity index (χ3n) is 4.81. The number of amides is 1. The van der Waals surface area contributed by atoms with Crippen LogP contribution in [0.4, 0.5) is 10.1 Å². The first-order valence-corrected chi connectivity index (χ1v) is 11.1. The lowest BCUT2D eigenvalue weighted by atomic mass is 10.0. The number of esters is 1. The molecular weight excluding hydrogens is 411 g/mol. The van der Waals surface area contributed by atoms with E-state index in [0.29, 0.717) is 19.0 Å². The Morgan fingerprint density at radius 3 is 2.63 bits per heavy atom. The summed E-state index contributed by atoms with van der Waals surface area (Å²) in [5, 5.41) is 0. The summed E-state index contributed by atoms with van der Waals surface area (Å²) in [6.07, 6.45) is 1.98. The second kappa shape index (κ2) is 9.25. The molecule has 2 aromatic carbocycles. The standard InChI is InChI=1S/C21H23FN2O5S/c1-15-4-3-11-24(13-15)20(25)14-29-21(26)16-5-2-6-19(12-16)30(27,28)23-18-9-7-17(22)8-10-18/h2,5-10,12,15,23H,3-4,11,13-14H2,1H3. The van der Waals surface area contributed by atoms with Crippen molar-refractivity contribution in [1.29, 1.82) is 0 Å². The maximum atomic E-state index is 13.0. The van der Waals surface area contributed by atoms with E-state index in [4.69, 9.17) is 4.74 Å². The molecule has 1 heterocycles. The number of halogens is 1. The van der Waals surface area contributed by atoms with Crippen molar-refractivity contribution >= 4 is 27.6 Å². The molecule has 1 aliphatic rings. The number of nitrogens with zero attached hydrogens (tertiary/aromatic N) is 1. The molecule has 0 aliphatic carbocycles. The molecule has 1 saturated heterocycles. The lowest BCUT2D eigenvalue weighted by Crippen LogP contribution is -2.41. The van der Waals surface area contributed by atoms with Crippen LogP contribution in [0.3, 0.4) is 0 Å². The van der Waals surface area contributed by atoms with Crippen LogP contribution < -0.4 is 4.72 Å². The van der Waals surface area contributed by atoms with Crippen LogP contribution in [-0.4, -0.2) is 44.9 Å². The number of benzene rings is 2. The predicted octanol–water partition coefficient (Wildman–Crippen LogP) is 3.04. The van der Waals surface area contributed by atoms with Crippen molar-refractivity contribution in [3.8, 4) is 0 Å². The Bertz CT molecular complexity index is 1020. The topological polar surface area (TPSA) is 92.8 Å². The smallest absolute Gasteiger partial charge is 0.338 e. The van der Waals surface area contributed by atoms with Crippen molar-refractivity contribution < 1.29 is 27.1 Å². The van der Waals surface area contributed by atoms with Gasteiger partial charge < -0.3 is 9.64 Å². The quantitative estimate of drug-likeness (QED) is 0.706. The summed E-state index contributed by atoms with van der Waals surface area (Å²) in [6, 6.07) is 10.1. The third kappa shape index (κ3) is 5.56. The van der Waals surface area contributed by atoms with E-state index < -0.39 is 28.4 Å². The molecule has 30 heavy (non-hydrogen) atoms. The number of rotatable bonds is 6. The Balaban J connectivity index is 1.64. The average Bonchev–Trinajstić information content (AvgIpc) is 2.73. The molecule has 3 rings (SSSR count). The summed E-state index contributed by atoms with van der Waals surface area (Å²) in [4.78, 5) is 26.1. The van der Waals surface area contributed by atoms with Crippen molar-refractivity contribution in [2.45, 2.75) is 24.7 Å². The molecule has 0 radical (unpaired) electrons. The minimum absolute atomic E-state index is 0.0109. The summed E-state index contributed by atoms with van der Waals surface area (Å²) in [5.41, 5.74) is 0.197. The second-order valence-corrected chi connectivity index (χ2v) is 8.99. The van der Waals surface area contributed by atoms with Crippen LogP contribution in [0.25, 0.3) is 0 Å². The van der Waals surface area contributed by atoms with E-state index in [2.05, 4.69) is 11.6 Å². The van der Waals surface area contributed by atoms with Gasteiger partial charge in [0.05, 0.1) is 10.5 Å². The molecule has 1 atom stereocenters. The number of carbonyl (C=O) groups is 2. The van der Waals surface area contributed by atoms with Gasteiger partial charge in [0.2, 0.25) is 0 Å². The van der Waals surface area contributed by atoms with Gasteiger partial charge in [-0.25, -0.2) is 17.6 Å². The number of hydrogen-bond acceptors (Lipinski definition) is 5. The zero-order valence-electron chi connectivity index (χ0n) is 16.5. The van der Waals surface area contributed by atoms with Crippen LogP contribution in [0.1, 0.15) is 30.1 Å². The molecule has 0 bridgehead atoms. The summed E-state index contributed by atoms with van der Waals surface area (Å²) in [7, 11) is -3.99. The molecular formula is C21H23FN2O5S. The van der Waals surface area contributed by atoms with Gasteiger partial charge in [0.1, 0.15) is 5.82 Å². The van der Waals surface area contributed by atoms with Gasteiger partial charge >= 0.3 is 5.97 Å². The molecule has 160 valence electrons. The van der Waals surface area contributed by atoms with Crippen molar-refractivity contribution in [1.82, 2.24) is 4.90 Å². The SMILES string of the molecule is CC1CCCN(C(=O)COC(=O)c2cccc(S(=O)(=O)Nc3ccc(F)cc3)c2)C1. The van der Waals surface area contributed by atoms with Crippen molar-refractivity contribution in [3.05, 3.63) is 59.9 Å². The van der Waals surface area contributed by atoms with E-state index in [1.54, 1.807) is 4.90 Å². The molecule has 7 nitrogen and oxygen atoms in total. The highest BCUT2D eigenvalue weighted by Crippen LogP contribution is 2.19. The van der Waals surface area contributed by atoms with Gasteiger partial charge in [-0.05, 0) is 61.2 Å². The Morgan fingerprint density at radius 2 is 1.93 bits per heavy atom. The summed E-state index contributed by atoms with van der Waals surface area (Å²) < 4.78 is 45.5. The Kier molecular flexibility index (Phi) is 6.71. The molecule has 1 N–H and O–H groups in total. The van der Waals surface area contributed by atoms with E-state index in [0.717, 1.165) is 25.0 Å². The molecule has 0 saturated carbocycles. The number of likely N-dealkylation sites (tertiary alicyclic amines) is 1. The highest BCUT2D eigenvalue weighted by Gasteiger charge is 2.23. The minimum atomic E-state index is -3.99. The molecule has 1 amide bonds. The van der Waals surface area contributed by atoms with E-state index in [-0.39, 0.29) is 22.1 Å². The largest absolute Gasteiger partial charge is 0.452 e. The summed E-state index contributed by atoms with van der Waals surface area (Å²) in [6.45, 7) is 2.95. The maximum absolute atomic E-state index is 13.0. The lowest BCUT2D eigenvalue weighted by Gasteiger charge is -2.30. The van der Waals surface area contributed by atoms with Crippen LogP contribution in [0.2, 0.25) is 0 Å². The first kappa shape index (κ1) is 21.8. The Labute approximate surface area is 174 Å². The first-order chi connectivity index (χ1) is 14.2. The van der Waals surface area contributed by atoms with Crippen LogP contribution in [0, 0.1) is 11.7 Å². The molecule has 1 fully saturated rings. The number of anilines is 1. The average molecular weight is 434 g/mol. The first-order valence-electron chi connectivity index (χ1n) is 9.58. The highest BCUT2D eigenvalue weighted by molar-refractivity contribution is 7.92. The molecule has 9 heteroatoms. The molecule has 0 spiro atoms. The van der Waals surface area contributed by atoms with Crippen LogP contribution in [0.15, 0.2) is 53.4 Å². The van der Waals surface area contributed by atoms with Gasteiger partial charge in [0, 0.05) is 18.8 Å². The van der Waals surface area contributed by atoms with Crippen LogP contribution in [-0.2, 0) is 19.6 Å². The minimum Gasteiger partial charge on any atom is -0.452 e. The molecule has 1 aliphatic heterocycles. The van der Waals surface area contributed by atoms with Gasteiger partial charge in [0.15, 0.2) is 6.61 Å². The van der Waals surface area contributed by atoms with E-state index in [1.807, 2.05) is 0 Å². The van der Waals surface area contributed by atoms with Crippen LogP contribution in [0.5, 0.6) is 0 Å². The maximum Gasteiger partial charge on any atom is 0.338 e. The fourth-order valence-corrected chi connectivity index (χ4v) is 4.34. The number of piperidine rings is 1. The van der Waals surface area contributed by atoms with Gasteiger partial charge in [0.25, 0.3) is 15.9 Å². The zero-order chi connectivity index (χ0) is 21.7. The van der Waals surface area contributed by atoms with Crippen LogP contribution >= 0.6 is 0 Å². The fraction of sp³-hybridized carbons (Fsp3) is 0.333. The van der Waals surface area contributed by atoms with Gasteiger partial charge in [-0.1, -0.05) is 13.0 Å². The molecule has 1 unspecified atom stereocenters. The Hall–Kier alpha value is -2.94. The van der Waals surface area contributed by atoms with Gasteiger partial charge in [-0.2, -0.15) is 0 Å². The van der Waals surface area contributed by atoms with Gasteiger partial charge in [-0.3, -0.25) is 9.52 Å². The second-order valence-electron chi connectivity index (χ2n) is 7.30. The summed E-state index contributed by atoms with van der Waals surface area (Å²) >= 11 is 0. The van der Waals surface area contributed by atoms with E-state index in [1.165, 1.54) is 36.4 Å². The summed E-state index contributed by atoms with van der Waals surface area (Å²) in [5.74, 6) is -1.13. The number of nitrogens with one attached hydrogen (secondary N) is 1. The normalized spacial score (nSPS) is 16.7. The van der Waals surface area contributed by atoms with Crippen molar-refractivity contribution in [3.63, 3.8) is 0 Å². The van der Waals surface area contributed by atoms with E-state index in [9.17, 15) is 22.4 Å². The molecule has 0 aromatic heterocycles. The third-order valence-corrected chi connectivity index (χ3v) is 6.19. The lowest BCUT2D eigenvalue weighted by molar-refractivity contribution is -0.136. The van der Waals surface area contributed by atoms with E-state index >= 15 is 0 Å². The Morgan fingerprint density at radius 1 is 1.20 bits per heavy atom. The molecule has 2 aromatic rings. The highest BCUT2D eigenvalue weighted by atomic mass is 32.2. The number of sulfonamides is 1. The zero-order valence-corrected chi connectivity index (χ0v) is 17.3. The predicted molar refractivity (Wildman–Crippen MR) is 109 cm³/mol. The fourth-order valence-electron chi connectivity index (χ4n) is 3.24. The van der Waals surface area contributed by atoms with Gasteiger partial charge in [-0.15, -0.1) is 0 Å². The van der Waals surface area contributed by atoms with Crippen molar-refractivity contribution in [2.75, 3.05) is 24.4 Å². The van der Waals surface area contributed by atoms with Crippen molar-refractivity contribution in [2.24, 2.45) is 5.92 Å². The number of hydrogen-bond donors (Lipinski definition) is 1. The number of ether oxygens (including phenoxy) is 1.